The van der Waals surface area contributed by atoms with Crippen molar-refractivity contribution in [3.63, 3.8) is 0 Å². The molecule has 0 amide bonds. The topological polar surface area (TPSA) is 39.2 Å². The molecular formula is C20H33NO2. The Balaban J connectivity index is 1.82. The molecule has 23 heavy (non-hydrogen) atoms. The van der Waals surface area contributed by atoms with Crippen molar-refractivity contribution in [2.75, 3.05) is 6.61 Å². The number of pyridine rings is 1. The lowest BCUT2D eigenvalue weighted by atomic mass is 10.1. The van der Waals surface area contributed by atoms with Crippen LogP contribution in [-0.2, 0) is 4.74 Å². The van der Waals surface area contributed by atoms with Crippen LogP contribution in [0, 0.1) is 0 Å². The van der Waals surface area contributed by atoms with Crippen LogP contribution in [0.4, 0.5) is 0 Å². The first-order valence-electron chi connectivity index (χ1n) is 9.41. The molecule has 3 heteroatoms. The lowest BCUT2D eigenvalue weighted by molar-refractivity contribution is 0.0497. The number of hydrogen-bond donors (Lipinski definition) is 0. The first-order chi connectivity index (χ1) is 11.3. The van der Waals surface area contributed by atoms with Gasteiger partial charge in [-0.25, -0.2) is 4.79 Å². The summed E-state index contributed by atoms with van der Waals surface area (Å²) in [6, 6.07) is 3.37. The molecule has 0 aromatic carbocycles. The number of carbonyl (C=O) groups is 1. The fourth-order valence-corrected chi connectivity index (χ4v) is 2.68. The first kappa shape index (κ1) is 19.7. The Bertz CT molecular complexity index is 392. The van der Waals surface area contributed by atoms with Gasteiger partial charge in [-0.1, -0.05) is 77.6 Å². The van der Waals surface area contributed by atoms with Crippen LogP contribution in [-0.4, -0.2) is 17.6 Å². The van der Waals surface area contributed by atoms with Gasteiger partial charge in [0.1, 0.15) is 0 Å². The number of carbonyl (C=O) groups excluding carboxylic acids is 1. The molecule has 130 valence electrons. The van der Waals surface area contributed by atoms with E-state index >= 15 is 0 Å². The maximum Gasteiger partial charge on any atom is 0.338 e. The van der Waals surface area contributed by atoms with Crippen molar-refractivity contribution < 1.29 is 9.53 Å². The summed E-state index contributed by atoms with van der Waals surface area (Å²) in [4.78, 5) is 15.6. The smallest absolute Gasteiger partial charge is 0.338 e. The van der Waals surface area contributed by atoms with Crippen molar-refractivity contribution in [1.82, 2.24) is 4.98 Å². The Morgan fingerprint density at radius 1 is 0.826 bits per heavy atom. The van der Waals surface area contributed by atoms with Gasteiger partial charge in [-0.05, 0) is 18.6 Å². The summed E-state index contributed by atoms with van der Waals surface area (Å²) in [5.74, 6) is -0.240. The molecule has 0 spiro atoms. The molecule has 0 aliphatic carbocycles. The van der Waals surface area contributed by atoms with Crippen LogP contribution in [0.1, 0.15) is 94.3 Å². The summed E-state index contributed by atoms with van der Waals surface area (Å²) in [5.41, 5.74) is 0.582. The molecule has 0 radical (unpaired) electrons. The van der Waals surface area contributed by atoms with Gasteiger partial charge in [0.05, 0.1) is 12.2 Å². The molecule has 1 heterocycles. The maximum atomic E-state index is 11.7. The molecule has 0 fully saturated rings. The lowest BCUT2D eigenvalue weighted by Gasteiger charge is -2.05. The summed E-state index contributed by atoms with van der Waals surface area (Å²) in [5, 5.41) is 0. The lowest BCUT2D eigenvalue weighted by Crippen LogP contribution is -2.06. The Kier molecular flexibility index (Phi) is 12.2. The van der Waals surface area contributed by atoms with E-state index in [1.54, 1.807) is 24.5 Å². The molecular weight excluding hydrogens is 286 g/mol. The zero-order valence-corrected chi connectivity index (χ0v) is 14.8. The Hall–Kier alpha value is -1.38. The van der Waals surface area contributed by atoms with Crippen molar-refractivity contribution in [2.24, 2.45) is 0 Å². The van der Waals surface area contributed by atoms with Crippen molar-refractivity contribution in [3.8, 4) is 0 Å². The van der Waals surface area contributed by atoms with Crippen LogP contribution in [0.5, 0.6) is 0 Å². The number of rotatable bonds is 14. The highest BCUT2D eigenvalue weighted by Gasteiger charge is 2.05. The number of esters is 1. The molecule has 0 aliphatic heterocycles. The van der Waals surface area contributed by atoms with E-state index in [1.165, 1.54) is 64.2 Å². The predicted octanol–water partition coefficient (Wildman–Crippen LogP) is 5.94. The van der Waals surface area contributed by atoms with Gasteiger partial charge in [-0.15, -0.1) is 0 Å². The predicted molar refractivity (Wildman–Crippen MR) is 95.6 cm³/mol. The molecule has 1 aromatic heterocycles. The fraction of sp³-hybridized carbons (Fsp3) is 0.700. The monoisotopic (exact) mass is 319 g/mol. The van der Waals surface area contributed by atoms with E-state index in [0.717, 1.165) is 12.8 Å². The minimum absolute atomic E-state index is 0.240. The summed E-state index contributed by atoms with van der Waals surface area (Å²) < 4.78 is 5.25. The van der Waals surface area contributed by atoms with Gasteiger partial charge in [-0.2, -0.15) is 0 Å². The van der Waals surface area contributed by atoms with Crippen molar-refractivity contribution in [2.45, 2.75) is 84.0 Å². The summed E-state index contributed by atoms with van der Waals surface area (Å²) in [6.45, 7) is 2.79. The second-order valence-corrected chi connectivity index (χ2v) is 6.26. The van der Waals surface area contributed by atoms with E-state index in [2.05, 4.69) is 11.9 Å². The fourth-order valence-electron chi connectivity index (χ4n) is 2.68. The molecule has 3 nitrogen and oxygen atoms in total. The van der Waals surface area contributed by atoms with Gasteiger partial charge in [0.2, 0.25) is 0 Å². The third kappa shape index (κ3) is 10.9. The highest BCUT2D eigenvalue weighted by atomic mass is 16.5. The van der Waals surface area contributed by atoms with Crippen LogP contribution >= 0.6 is 0 Å². The van der Waals surface area contributed by atoms with Gasteiger partial charge in [0.15, 0.2) is 0 Å². The number of nitrogens with zero attached hydrogens (tertiary/aromatic N) is 1. The van der Waals surface area contributed by atoms with Crippen LogP contribution in [0.15, 0.2) is 24.5 Å². The molecule has 1 rings (SSSR count). The standard InChI is InChI=1S/C20H33NO2/c1-2-3-4-5-6-7-8-9-10-11-12-13-18-23-20(22)19-14-16-21-17-15-19/h14-17H,2-13,18H2,1H3. The molecule has 0 aliphatic rings. The third-order valence-corrected chi connectivity index (χ3v) is 4.15. The highest BCUT2D eigenvalue weighted by Crippen LogP contribution is 2.12. The molecule has 0 atom stereocenters. The average molecular weight is 319 g/mol. The van der Waals surface area contributed by atoms with Crippen LogP contribution < -0.4 is 0 Å². The number of ether oxygens (including phenoxy) is 1. The maximum absolute atomic E-state index is 11.7. The summed E-state index contributed by atoms with van der Waals surface area (Å²) in [6.07, 6.45) is 19.0. The van der Waals surface area contributed by atoms with E-state index in [-0.39, 0.29) is 5.97 Å². The molecule has 0 bridgehead atoms. The normalized spacial score (nSPS) is 10.7. The average Bonchev–Trinajstić information content (AvgIpc) is 2.59. The Morgan fingerprint density at radius 2 is 1.30 bits per heavy atom. The Morgan fingerprint density at radius 3 is 1.83 bits per heavy atom. The number of hydrogen-bond acceptors (Lipinski definition) is 3. The highest BCUT2D eigenvalue weighted by molar-refractivity contribution is 5.89. The van der Waals surface area contributed by atoms with E-state index < -0.39 is 0 Å². The van der Waals surface area contributed by atoms with Gasteiger partial charge >= 0.3 is 5.97 Å². The van der Waals surface area contributed by atoms with Crippen molar-refractivity contribution in [1.29, 1.82) is 0 Å². The summed E-state index contributed by atoms with van der Waals surface area (Å²) in [7, 11) is 0. The van der Waals surface area contributed by atoms with Crippen molar-refractivity contribution in [3.05, 3.63) is 30.1 Å². The molecule has 0 saturated heterocycles. The quantitative estimate of drug-likeness (QED) is 0.315. The van der Waals surface area contributed by atoms with Gasteiger partial charge < -0.3 is 4.74 Å². The van der Waals surface area contributed by atoms with Crippen LogP contribution in [0.25, 0.3) is 0 Å². The second-order valence-electron chi connectivity index (χ2n) is 6.26. The number of aromatic nitrogens is 1. The molecule has 1 aromatic rings. The summed E-state index contributed by atoms with van der Waals surface area (Å²) >= 11 is 0. The van der Waals surface area contributed by atoms with Gasteiger partial charge in [-0.3, -0.25) is 4.98 Å². The zero-order chi connectivity index (χ0) is 16.6. The second kappa shape index (κ2) is 14.2. The van der Waals surface area contributed by atoms with Crippen LogP contribution in [0.3, 0.4) is 0 Å². The Labute approximate surface area is 141 Å². The molecule has 0 saturated carbocycles. The third-order valence-electron chi connectivity index (χ3n) is 4.15. The minimum Gasteiger partial charge on any atom is -0.462 e. The van der Waals surface area contributed by atoms with E-state index in [1.807, 2.05) is 0 Å². The SMILES string of the molecule is CCCCCCCCCCCCCCOC(=O)c1ccncc1. The van der Waals surface area contributed by atoms with Gasteiger partial charge in [0.25, 0.3) is 0 Å². The first-order valence-corrected chi connectivity index (χ1v) is 9.41. The van der Waals surface area contributed by atoms with Crippen LogP contribution in [0.2, 0.25) is 0 Å². The van der Waals surface area contributed by atoms with E-state index in [4.69, 9.17) is 4.74 Å². The van der Waals surface area contributed by atoms with Crippen molar-refractivity contribution >= 4 is 5.97 Å². The van der Waals surface area contributed by atoms with Gasteiger partial charge in [0, 0.05) is 12.4 Å². The largest absolute Gasteiger partial charge is 0.462 e. The molecule has 0 unspecified atom stereocenters. The zero-order valence-electron chi connectivity index (χ0n) is 14.8. The van der Waals surface area contributed by atoms with E-state index in [9.17, 15) is 4.79 Å². The number of unbranched alkanes of at least 4 members (excludes halogenated alkanes) is 11. The minimum atomic E-state index is -0.240. The molecule has 0 N–H and O–H groups in total. The van der Waals surface area contributed by atoms with E-state index in [0.29, 0.717) is 12.2 Å².